The molecule has 0 spiro atoms. The van der Waals surface area contributed by atoms with Gasteiger partial charge in [-0.05, 0) is 61.3 Å². The maximum absolute atomic E-state index is 13.8. The first-order chi connectivity index (χ1) is 9.74. The van der Waals surface area contributed by atoms with Crippen molar-refractivity contribution in [1.29, 1.82) is 0 Å². The number of methoxy groups -OCH3 is 1. The second-order valence-corrected chi connectivity index (χ2v) is 6.17. The van der Waals surface area contributed by atoms with Gasteiger partial charge in [0.05, 0.1) is 7.11 Å². The number of ether oxygens (including phenoxy) is 1. The van der Waals surface area contributed by atoms with Crippen molar-refractivity contribution in [3.63, 3.8) is 0 Å². The van der Waals surface area contributed by atoms with Crippen molar-refractivity contribution in [3.8, 4) is 5.75 Å². The van der Waals surface area contributed by atoms with Gasteiger partial charge in [0.25, 0.3) is 0 Å². The summed E-state index contributed by atoms with van der Waals surface area (Å²) < 4.78 is 18.8. The van der Waals surface area contributed by atoms with Crippen LogP contribution in [0.2, 0.25) is 0 Å². The van der Waals surface area contributed by atoms with Crippen LogP contribution < -0.4 is 10.1 Å². The fourth-order valence-corrected chi connectivity index (χ4v) is 4.17. The molecule has 2 aliphatic rings. The molecule has 3 unspecified atom stereocenters. The number of likely N-dealkylation sites (N-methyl/N-ethyl adjacent to an activating group) is 1. The monoisotopic (exact) mass is 277 g/mol. The molecule has 1 N–H and O–H groups in total. The van der Waals surface area contributed by atoms with E-state index in [2.05, 4.69) is 12.2 Å². The van der Waals surface area contributed by atoms with E-state index in [4.69, 9.17) is 4.74 Å². The standard InChI is InChI=1S/C17H24FNO/c1-3-19-15(17-12-5-4-6-13(12)17)10-11-7-8-16(20-2)14(18)9-11/h7-9,12-13,15,17,19H,3-6,10H2,1-2H3. The molecular formula is C17H24FNO. The Kier molecular flexibility index (Phi) is 3.97. The summed E-state index contributed by atoms with van der Waals surface area (Å²) in [5.74, 6) is 2.76. The van der Waals surface area contributed by atoms with Crippen LogP contribution >= 0.6 is 0 Å². The average molecular weight is 277 g/mol. The molecule has 3 rings (SSSR count). The van der Waals surface area contributed by atoms with E-state index in [1.54, 1.807) is 12.1 Å². The molecule has 0 amide bonds. The van der Waals surface area contributed by atoms with Crippen LogP contribution in [-0.2, 0) is 6.42 Å². The number of hydrogen-bond donors (Lipinski definition) is 1. The van der Waals surface area contributed by atoms with E-state index < -0.39 is 0 Å². The summed E-state index contributed by atoms with van der Waals surface area (Å²) in [6.07, 6.45) is 5.12. The summed E-state index contributed by atoms with van der Waals surface area (Å²) in [7, 11) is 1.50. The molecule has 0 radical (unpaired) electrons. The molecule has 2 fully saturated rings. The van der Waals surface area contributed by atoms with E-state index in [1.807, 2.05) is 6.07 Å². The van der Waals surface area contributed by atoms with Gasteiger partial charge in [0.15, 0.2) is 11.6 Å². The quantitative estimate of drug-likeness (QED) is 0.860. The maximum atomic E-state index is 13.8. The first kappa shape index (κ1) is 13.9. The highest BCUT2D eigenvalue weighted by atomic mass is 19.1. The van der Waals surface area contributed by atoms with Gasteiger partial charge in [-0.3, -0.25) is 0 Å². The molecule has 2 saturated carbocycles. The van der Waals surface area contributed by atoms with Crippen molar-refractivity contribution in [1.82, 2.24) is 5.32 Å². The van der Waals surface area contributed by atoms with Crippen LogP contribution in [0.1, 0.15) is 31.7 Å². The lowest BCUT2D eigenvalue weighted by Crippen LogP contribution is -2.34. The maximum Gasteiger partial charge on any atom is 0.165 e. The largest absolute Gasteiger partial charge is 0.494 e. The minimum absolute atomic E-state index is 0.253. The van der Waals surface area contributed by atoms with E-state index >= 15 is 0 Å². The van der Waals surface area contributed by atoms with Gasteiger partial charge in [-0.25, -0.2) is 4.39 Å². The smallest absolute Gasteiger partial charge is 0.165 e. The highest BCUT2D eigenvalue weighted by Gasteiger charge is 2.55. The van der Waals surface area contributed by atoms with Crippen LogP contribution in [0.15, 0.2) is 18.2 Å². The van der Waals surface area contributed by atoms with Gasteiger partial charge in [-0.2, -0.15) is 0 Å². The zero-order valence-corrected chi connectivity index (χ0v) is 12.4. The van der Waals surface area contributed by atoms with E-state index in [0.717, 1.165) is 36.3 Å². The fraction of sp³-hybridized carbons (Fsp3) is 0.647. The molecule has 0 aliphatic heterocycles. The Morgan fingerprint density at radius 2 is 2.10 bits per heavy atom. The summed E-state index contributed by atoms with van der Waals surface area (Å²) in [6, 6.07) is 5.86. The first-order valence-electron chi connectivity index (χ1n) is 7.80. The topological polar surface area (TPSA) is 21.3 Å². The Labute approximate surface area is 120 Å². The van der Waals surface area contributed by atoms with Crippen LogP contribution in [0.25, 0.3) is 0 Å². The van der Waals surface area contributed by atoms with Crippen molar-refractivity contribution in [3.05, 3.63) is 29.6 Å². The summed E-state index contributed by atoms with van der Waals surface area (Å²) in [6.45, 7) is 3.14. The lowest BCUT2D eigenvalue weighted by molar-refractivity contribution is 0.384. The number of benzene rings is 1. The molecule has 0 saturated heterocycles. The second-order valence-electron chi connectivity index (χ2n) is 6.17. The van der Waals surface area contributed by atoms with Crippen LogP contribution in [0.5, 0.6) is 5.75 Å². The van der Waals surface area contributed by atoms with E-state index in [0.29, 0.717) is 11.8 Å². The molecule has 20 heavy (non-hydrogen) atoms. The highest BCUT2D eigenvalue weighted by molar-refractivity contribution is 5.30. The SMILES string of the molecule is CCNC(Cc1ccc(OC)c(F)c1)C1C2CCCC21. The third-order valence-corrected chi connectivity index (χ3v) is 5.08. The molecule has 0 aromatic heterocycles. The minimum Gasteiger partial charge on any atom is -0.494 e. The lowest BCUT2D eigenvalue weighted by atomic mass is 9.97. The number of nitrogens with one attached hydrogen (secondary N) is 1. The van der Waals surface area contributed by atoms with Gasteiger partial charge in [0, 0.05) is 6.04 Å². The van der Waals surface area contributed by atoms with Gasteiger partial charge in [0.2, 0.25) is 0 Å². The Bertz CT molecular complexity index is 466. The fourth-order valence-electron chi connectivity index (χ4n) is 4.17. The Morgan fingerprint density at radius 3 is 2.70 bits per heavy atom. The Morgan fingerprint density at radius 1 is 1.35 bits per heavy atom. The second kappa shape index (κ2) is 5.72. The Hall–Kier alpha value is -1.09. The zero-order chi connectivity index (χ0) is 14.1. The summed E-state index contributed by atoms with van der Waals surface area (Å²) >= 11 is 0. The minimum atomic E-state index is -0.253. The predicted molar refractivity (Wildman–Crippen MR) is 78.4 cm³/mol. The molecule has 2 nitrogen and oxygen atoms in total. The van der Waals surface area contributed by atoms with Crippen LogP contribution in [0.4, 0.5) is 4.39 Å². The molecule has 3 heteroatoms. The highest BCUT2D eigenvalue weighted by Crippen LogP contribution is 2.59. The molecule has 1 aromatic carbocycles. The predicted octanol–water partition coefficient (Wildman–Crippen LogP) is 3.40. The van der Waals surface area contributed by atoms with Crippen molar-refractivity contribution in [2.45, 2.75) is 38.6 Å². The molecule has 0 bridgehead atoms. The van der Waals surface area contributed by atoms with Gasteiger partial charge in [-0.1, -0.05) is 19.4 Å². The number of rotatable bonds is 6. The van der Waals surface area contributed by atoms with Crippen LogP contribution in [0, 0.1) is 23.6 Å². The summed E-state index contributed by atoms with van der Waals surface area (Å²) in [5.41, 5.74) is 1.07. The summed E-state index contributed by atoms with van der Waals surface area (Å²) in [4.78, 5) is 0. The van der Waals surface area contributed by atoms with E-state index in [-0.39, 0.29) is 5.82 Å². The van der Waals surface area contributed by atoms with Crippen LogP contribution in [-0.4, -0.2) is 19.7 Å². The molecule has 110 valence electrons. The van der Waals surface area contributed by atoms with Crippen LogP contribution in [0.3, 0.4) is 0 Å². The van der Waals surface area contributed by atoms with Crippen molar-refractivity contribution >= 4 is 0 Å². The van der Waals surface area contributed by atoms with Crippen molar-refractivity contribution in [2.75, 3.05) is 13.7 Å². The van der Waals surface area contributed by atoms with Gasteiger partial charge >= 0.3 is 0 Å². The number of hydrogen-bond acceptors (Lipinski definition) is 2. The third kappa shape index (κ3) is 2.56. The number of fused-ring (bicyclic) bond motifs is 1. The van der Waals surface area contributed by atoms with Crippen molar-refractivity contribution in [2.24, 2.45) is 17.8 Å². The van der Waals surface area contributed by atoms with Crippen molar-refractivity contribution < 1.29 is 9.13 Å². The molecular weight excluding hydrogens is 253 g/mol. The zero-order valence-electron chi connectivity index (χ0n) is 12.4. The van der Waals surface area contributed by atoms with Gasteiger partial charge in [-0.15, -0.1) is 0 Å². The molecule has 0 heterocycles. The number of halogens is 1. The Balaban J connectivity index is 1.68. The van der Waals surface area contributed by atoms with E-state index in [9.17, 15) is 4.39 Å². The summed E-state index contributed by atoms with van der Waals surface area (Å²) in [5, 5.41) is 3.62. The average Bonchev–Trinajstić information content (AvgIpc) is 2.91. The molecule has 1 aromatic rings. The van der Waals surface area contributed by atoms with Gasteiger partial charge < -0.3 is 10.1 Å². The molecule has 2 aliphatic carbocycles. The van der Waals surface area contributed by atoms with Gasteiger partial charge in [0.1, 0.15) is 0 Å². The van der Waals surface area contributed by atoms with E-state index in [1.165, 1.54) is 26.4 Å². The lowest BCUT2D eigenvalue weighted by Gasteiger charge is -2.20. The first-order valence-corrected chi connectivity index (χ1v) is 7.80. The third-order valence-electron chi connectivity index (χ3n) is 5.08. The normalized spacial score (nSPS) is 29.1. The molecule has 3 atom stereocenters.